The van der Waals surface area contributed by atoms with Gasteiger partial charge in [-0.3, -0.25) is 14.0 Å². The molecule has 1 fully saturated rings. The summed E-state index contributed by atoms with van der Waals surface area (Å²) >= 11 is 0. The average molecular weight is 594 g/mol. The van der Waals surface area contributed by atoms with Gasteiger partial charge in [-0.25, -0.2) is 17.2 Å². The Labute approximate surface area is 243 Å². The van der Waals surface area contributed by atoms with Gasteiger partial charge in [-0.1, -0.05) is 6.58 Å². The van der Waals surface area contributed by atoms with Gasteiger partial charge in [-0.15, -0.1) is 0 Å². The first-order chi connectivity index (χ1) is 20.1. The minimum absolute atomic E-state index is 0.0434. The van der Waals surface area contributed by atoms with E-state index in [1.165, 1.54) is 11.2 Å². The van der Waals surface area contributed by atoms with E-state index in [0.29, 0.717) is 43.6 Å². The highest BCUT2D eigenvalue weighted by atomic mass is 32.2. The number of anilines is 2. The molecule has 0 amide bonds. The van der Waals surface area contributed by atoms with E-state index in [1.54, 1.807) is 34.8 Å². The smallest absolute Gasteiger partial charge is 0.264 e. The molecular weight excluding hydrogens is 560 g/mol. The SMILES string of the molecule is C=CS(=O)(=O)N1CCC(c2cc(N3CCCc4cc(-c5cnn(C)c5)c(C(F)F)cc43)c3cn(C(C)=O)cc3c2)CC1. The fourth-order valence-electron chi connectivity index (χ4n) is 6.34. The summed E-state index contributed by atoms with van der Waals surface area (Å²) in [6.45, 7) is 6.36. The predicted octanol–water partition coefficient (Wildman–Crippen LogP) is 6.38. The molecule has 42 heavy (non-hydrogen) atoms. The third-order valence-electron chi connectivity index (χ3n) is 8.53. The maximum absolute atomic E-state index is 14.5. The standard InChI is InChI=1S/C31H33F2N5O3S/c1-4-42(40,41)37-10-7-21(8-11-37)23-12-24-18-36(20(2)39)19-28(24)30(14-23)38-9-5-6-22-13-26(25-16-34-35(3)17-25)27(31(32)33)15-29(22)38/h4,12-19,21,31H,1,5-11H2,2-3H3. The highest BCUT2D eigenvalue weighted by Gasteiger charge is 2.30. The minimum atomic E-state index is -3.48. The van der Waals surface area contributed by atoms with Crippen molar-refractivity contribution in [2.24, 2.45) is 7.05 Å². The van der Waals surface area contributed by atoms with Crippen LogP contribution in [0.4, 0.5) is 20.2 Å². The molecule has 0 N–H and O–H groups in total. The molecule has 11 heteroatoms. The Bertz CT molecular complexity index is 1800. The highest BCUT2D eigenvalue weighted by Crippen LogP contribution is 2.44. The van der Waals surface area contributed by atoms with Crippen molar-refractivity contribution >= 4 is 38.1 Å². The van der Waals surface area contributed by atoms with Gasteiger partial charge in [-0.05, 0) is 72.6 Å². The molecule has 1 saturated heterocycles. The third-order valence-corrected chi connectivity index (χ3v) is 10.0. The zero-order chi connectivity index (χ0) is 29.8. The molecule has 0 spiro atoms. The topological polar surface area (TPSA) is 80.4 Å². The van der Waals surface area contributed by atoms with Crippen LogP contribution in [-0.4, -0.2) is 52.6 Å². The van der Waals surface area contributed by atoms with Crippen molar-refractivity contribution in [3.63, 3.8) is 0 Å². The number of carbonyl (C=O) groups excluding carboxylic acids is 1. The Morgan fingerprint density at radius 2 is 1.83 bits per heavy atom. The van der Waals surface area contributed by atoms with E-state index >= 15 is 0 Å². The number of benzene rings is 2. The van der Waals surface area contributed by atoms with Crippen molar-refractivity contribution in [2.75, 3.05) is 24.5 Å². The molecular formula is C31H33F2N5O3S. The normalized spacial score (nSPS) is 16.7. The van der Waals surface area contributed by atoms with E-state index in [1.807, 2.05) is 18.5 Å². The quantitative estimate of drug-likeness (QED) is 0.259. The first-order valence-corrected chi connectivity index (χ1v) is 15.6. The van der Waals surface area contributed by atoms with Gasteiger partial charge in [0.05, 0.1) is 11.9 Å². The Morgan fingerprint density at radius 1 is 1.07 bits per heavy atom. The van der Waals surface area contributed by atoms with Gasteiger partial charge in [-0.2, -0.15) is 9.40 Å². The Kier molecular flexibility index (Phi) is 7.26. The first-order valence-electron chi connectivity index (χ1n) is 14.1. The molecule has 8 nitrogen and oxygen atoms in total. The summed E-state index contributed by atoms with van der Waals surface area (Å²) in [7, 11) is -1.72. The molecule has 6 rings (SSSR count). The number of fused-ring (bicyclic) bond motifs is 2. The predicted molar refractivity (Wildman–Crippen MR) is 160 cm³/mol. The van der Waals surface area contributed by atoms with Crippen LogP contribution in [-0.2, 0) is 23.5 Å². The zero-order valence-corrected chi connectivity index (χ0v) is 24.4. The summed E-state index contributed by atoms with van der Waals surface area (Å²) in [5, 5.41) is 6.92. The largest absolute Gasteiger partial charge is 0.341 e. The van der Waals surface area contributed by atoms with Gasteiger partial charge >= 0.3 is 0 Å². The number of nitrogens with zero attached hydrogens (tertiary/aromatic N) is 5. The van der Waals surface area contributed by atoms with Gasteiger partial charge in [0, 0.05) is 85.2 Å². The lowest BCUT2D eigenvalue weighted by Crippen LogP contribution is -2.36. The summed E-state index contributed by atoms with van der Waals surface area (Å²) in [5.74, 6) is -0.0132. The van der Waals surface area contributed by atoms with Crippen LogP contribution < -0.4 is 4.90 Å². The lowest BCUT2D eigenvalue weighted by Gasteiger charge is -2.35. The van der Waals surface area contributed by atoms with Crippen LogP contribution in [0.5, 0.6) is 0 Å². The lowest BCUT2D eigenvalue weighted by atomic mass is 9.88. The second kappa shape index (κ2) is 10.8. The summed E-state index contributed by atoms with van der Waals surface area (Å²) < 4.78 is 58.2. The van der Waals surface area contributed by atoms with Gasteiger partial charge in [0.1, 0.15) is 0 Å². The number of carbonyl (C=O) groups is 1. The molecule has 4 aromatic rings. The van der Waals surface area contributed by atoms with Crippen LogP contribution in [0.3, 0.4) is 0 Å². The number of aromatic nitrogens is 3. The number of hydrogen-bond donors (Lipinski definition) is 0. The number of sulfonamides is 1. The Morgan fingerprint density at radius 3 is 2.48 bits per heavy atom. The molecule has 0 saturated carbocycles. The van der Waals surface area contributed by atoms with E-state index < -0.39 is 16.4 Å². The molecule has 0 unspecified atom stereocenters. The lowest BCUT2D eigenvalue weighted by molar-refractivity contribution is 0.0937. The van der Waals surface area contributed by atoms with E-state index in [9.17, 15) is 22.0 Å². The Balaban J connectivity index is 1.46. The molecule has 2 aromatic heterocycles. The van der Waals surface area contributed by atoms with Crippen molar-refractivity contribution < 1.29 is 22.0 Å². The van der Waals surface area contributed by atoms with Crippen LogP contribution in [0.2, 0.25) is 0 Å². The van der Waals surface area contributed by atoms with Crippen LogP contribution in [0.1, 0.15) is 60.0 Å². The second-order valence-corrected chi connectivity index (χ2v) is 13.0. The third kappa shape index (κ3) is 5.05. The van der Waals surface area contributed by atoms with Crippen LogP contribution in [0.15, 0.2) is 61.0 Å². The summed E-state index contributed by atoms with van der Waals surface area (Å²) in [6, 6.07) is 7.65. The van der Waals surface area contributed by atoms with E-state index in [4.69, 9.17) is 0 Å². The van der Waals surface area contributed by atoms with Crippen LogP contribution in [0, 0.1) is 0 Å². The van der Waals surface area contributed by atoms with E-state index in [2.05, 4.69) is 28.7 Å². The Hall–Kier alpha value is -3.83. The van der Waals surface area contributed by atoms with E-state index in [0.717, 1.165) is 51.5 Å². The highest BCUT2D eigenvalue weighted by molar-refractivity contribution is 7.92. The van der Waals surface area contributed by atoms with Crippen molar-refractivity contribution in [2.45, 2.75) is 45.0 Å². The van der Waals surface area contributed by atoms with Crippen molar-refractivity contribution in [1.29, 1.82) is 0 Å². The van der Waals surface area contributed by atoms with E-state index in [-0.39, 0.29) is 17.4 Å². The summed E-state index contributed by atoms with van der Waals surface area (Å²) in [6.07, 6.45) is 7.19. The van der Waals surface area contributed by atoms with Crippen molar-refractivity contribution in [3.05, 3.63) is 77.7 Å². The fraction of sp³-hybridized carbons (Fsp3) is 0.355. The number of alkyl halides is 2. The molecule has 0 aliphatic carbocycles. The number of rotatable bonds is 6. The summed E-state index contributed by atoms with van der Waals surface area (Å²) in [5.41, 5.74) is 4.73. The maximum Gasteiger partial charge on any atom is 0.264 e. The molecule has 0 atom stereocenters. The number of piperidine rings is 1. The van der Waals surface area contributed by atoms with Crippen molar-refractivity contribution in [3.8, 4) is 11.1 Å². The molecule has 0 bridgehead atoms. The number of aryl methyl sites for hydroxylation is 2. The van der Waals surface area contributed by atoms with Gasteiger partial charge in [0.2, 0.25) is 15.9 Å². The van der Waals surface area contributed by atoms with Crippen molar-refractivity contribution in [1.82, 2.24) is 18.7 Å². The molecule has 0 radical (unpaired) electrons. The molecule has 4 heterocycles. The minimum Gasteiger partial charge on any atom is -0.341 e. The molecule has 2 aromatic carbocycles. The number of halogens is 2. The first kappa shape index (κ1) is 28.3. The number of hydrogen-bond acceptors (Lipinski definition) is 5. The average Bonchev–Trinajstić information content (AvgIpc) is 3.62. The van der Waals surface area contributed by atoms with Gasteiger partial charge in [0.25, 0.3) is 6.43 Å². The fourth-order valence-corrected chi connectivity index (χ4v) is 7.27. The zero-order valence-electron chi connectivity index (χ0n) is 23.6. The van der Waals surface area contributed by atoms with Gasteiger partial charge < -0.3 is 4.90 Å². The maximum atomic E-state index is 14.5. The van der Waals surface area contributed by atoms with Gasteiger partial charge in [0.15, 0.2) is 0 Å². The molecule has 220 valence electrons. The monoisotopic (exact) mass is 593 g/mol. The molecule has 2 aliphatic heterocycles. The second-order valence-electron chi connectivity index (χ2n) is 11.1. The van der Waals surface area contributed by atoms with Crippen LogP contribution >= 0.6 is 0 Å². The molecule has 2 aliphatic rings. The summed E-state index contributed by atoms with van der Waals surface area (Å²) in [4.78, 5) is 14.4. The van der Waals surface area contributed by atoms with Crippen LogP contribution in [0.25, 0.3) is 21.9 Å².